The Hall–Kier alpha value is -2.62. The maximum atomic E-state index is 4.66. The van der Waals surface area contributed by atoms with Crippen LogP contribution in [0.5, 0.6) is 0 Å². The fraction of sp³-hybridized carbons (Fsp3) is 0.176. The van der Waals surface area contributed by atoms with Crippen molar-refractivity contribution in [1.82, 2.24) is 14.8 Å². The smallest absolute Gasteiger partial charge is 0.148 e. The lowest BCUT2D eigenvalue weighted by Crippen LogP contribution is -2.25. The summed E-state index contributed by atoms with van der Waals surface area (Å²) in [5.41, 5.74) is 6.88. The number of aryl methyl sites for hydroxylation is 2. The predicted molar refractivity (Wildman–Crippen MR) is 83.1 cm³/mol. The zero-order valence-corrected chi connectivity index (χ0v) is 12.0. The van der Waals surface area contributed by atoms with Crippen molar-refractivity contribution < 1.29 is 0 Å². The maximum Gasteiger partial charge on any atom is 0.148 e. The minimum Gasteiger partial charge on any atom is -0.359 e. The summed E-state index contributed by atoms with van der Waals surface area (Å²) < 4.78 is 2.05. The molecule has 0 radical (unpaired) electrons. The number of nitrogens with one attached hydrogen (secondary N) is 1. The fourth-order valence-electron chi connectivity index (χ4n) is 2.88. The van der Waals surface area contributed by atoms with Crippen molar-refractivity contribution in [3.63, 3.8) is 0 Å². The second-order valence-electron chi connectivity index (χ2n) is 5.50. The SMILES string of the molecule is Cc1ccc2c(c1)-c1cc(C)nn1C(c1cccnc1)N2. The topological polar surface area (TPSA) is 42.7 Å². The van der Waals surface area contributed by atoms with Gasteiger partial charge in [0.15, 0.2) is 0 Å². The van der Waals surface area contributed by atoms with Gasteiger partial charge in [0.05, 0.1) is 11.4 Å². The fourth-order valence-corrected chi connectivity index (χ4v) is 2.88. The predicted octanol–water partition coefficient (Wildman–Crippen LogP) is 3.53. The number of aromatic nitrogens is 3. The Bertz CT molecular complexity index is 805. The summed E-state index contributed by atoms with van der Waals surface area (Å²) in [6.45, 7) is 4.14. The molecule has 3 heterocycles. The van der Waals surface area contributed by atoms with Crippen LogP contribution in [0.3, 0.4) is 0 Å². The van der Waals surface area contributed by atoms with E-state index in [0.29, 0.717) is 0 Å². The monoisotopic (exact) mass is 276 g/mol. The minimum atomic E-state index is -0.0161. The van der Waals surface area contributed by atoms with E-state index in [2.05, 4.69) is 52.7 Å². The molecule has 0 bridgehead atoms. The lowest BCUT2D eigenvalue weighted by molar-refractivity contribution is 0.569. The molecule has 1 aliphatic heterocycles. The summed E-state index contributed by atoms with van der Waals surface area (Å²) in [6, 6.07) is 12.6. The van der Waals surface area contributed by atoms with E-state index in [1.54, 1.807) is 6.20 Å². The van der Waals surface area contributed by atoms with Gasteiger partial charge in [-0.3, -0.25) is 4.98 Å². The Morgan fingerprint density at radius 3 is 2.86 bits per heavy atom. The van der Waals surface area contributed by atoms with Crippen molar-refractivity contribution in [3.05, 3.63) is 65.6 Å². The molecule has 21 heavy (non-hydrogen) atoms. The van der Waals surface area contributed by atoms with Crippen molar-refractivity contribution >= 4 is 5.69 Å². The first kappa shape index (κ1) is 12.1. The van der Waals surface area contributed by atoms with Crippen LogP contribution in [0.1, 0.15) is 23.0 Å². The van der Waals surface area contributed by atoms with Crippen LogP contribution in [-0.4, -0.2) is 14.8 Å². The number of rotatable bonds is 1. The van der Waals surface area contributed by atoms with Crippen LogP contribution in [0.25, 0.3) is 11.3 Å². The molecule has 4 rings (SSSR count). The molecule has 1 atom stereocenters. The number of anilines is 1. The molecule has 2 aromatic heterocycles. The van der Waals surface area contributed by atoms with Gasteiger partial charge in [0.25, 0.3) is 0 Å². The quantitative estimate of drug-likeness (QED) is 0.739. The van der Waals surface area contributed by atoms with E-state index in [1.165, 1.54) is 11.1 Å². The number of hydrogen-bond donors (Lipinski definition) is 1. The summed E-state index contributed by atoms with van der Waals surface area (Å²) in [5, 5.41) is 8.23. The van der Waals surface area contributed by atoms with Crippen molar-refractivity contribution in [2.45, 2.75) is 20.0 Å². The van der Waals surface area contributed by atoms with Gasteiger partial charge in [-0.15, -0.1) is 0 Å². The van der Waals surface area contributed by atoms with Gasteiger partial charge in [-0.25, -0.2) is 4.68 Å². The summed E-state index contributed by atoms with van der Waals surface area (Å²) in [5.74, 6) is 0. The Kier molecular flexibility index (Phi) is 2.57. The van der Waals surface area contributed by atoms with E-state index in [9.17, 15) is 0 Å². The zero-order chi connectivity index (χ0) is 14.4. The average molecular weight is 276 g/mol. The summed E-state index contributed by atoms with van der Waals surface area (Å²) in [4.78, 5) is 4.23. The van der Waals surface area contributed by atoms with E-state index < -0.39 is 0 Å². The third kappa shape index (κ3) is 1.91. The molecule has 1 unspecified atom stereocenters. The Labute approximate surface area is 123 Å². The highest BCUT2D eigenvalue weighted by Crippen LogP contribution is 2.38. The molecular formula is C17H16N4. The molecule has 104 valence electrons. The second-order valence-corrected chi connectivity index (χ2v) is 5.50. The van der Waals surface area contributed by atoms with Crippen molar-refractivity contribution in [1.29, 1.82) is 0 Å². The zero-order valence-electron chi connectivity index (χ0n) is 12.0. The third-order valence-corrected chi connectivity index (χ3v) is 3.85. The third-order valence-electron chi connectivity index (χ3n) is 3.85. The molecule has 3 aromatic rings. The van der Waals surface area contributed by atoms with Crippen LogP contribution in [0.4, 0.5) is 5.69 Å². The van der Waals surface area contributed by atoms with Crippen LogP contribution < -0.4 is 5.32 Å². The van der Waals surface area contributed by atoms with Gasteiger partial charge in [0, 0.05) is 29.2 Å². The molecule has 1 aliphatic rings. The van der Waals surface area contributed by atoms with Crippen LogP contribution >= 0.6 is 0 Å². The number of pyridine rings is 1. The van der Waals surface area contributed by atoms with E-state index in [1.807, 2.05) is 23.9 Å². The highest BCUT2D eigenvalue weighted by atomic mass is 15.4. The Morgan fingerprint density at radius 1 is 1.14 bits per heavy atom. The standard InChI is InChI=1S/C17H16N4/c1-11-5-6-15-14(8-11)16-9-12(2)20-21(16)17(19-15)13-4-3-7-18-10-13/h3-10,17,19H,1-2H3. The first-order chi connectivity index (χ1) is 10.2. The lowest BCUT2D eigenvalue weighted by atomic mass is 10.0. The van der Waals surface area contributed by atoms with E-state index in [0.717, 1.165) is 22.6 Å². The number of nitrogens with zero attached hydrogens (tertiary/aromatic N) is 3. The van der Waals surface area contributed by atoms with Gasteiger partial charge >= 0.3 is 0 Å². The van der Waals surface area contributed by atoms with E-state index >= 15 is 0 Å². The summed E-state index contributed by atoms with van der Waals surface area (Å²) >= 11 is 0. The minimum absolute atomic E-state index is 0.0161. The Morgan fingerprint density at radius 2 is 2.05 bits per heavy atom. The molecule has 4 heteroatoms. The molecule has 1 N–H and O–H groups in total. The molecule has 1 aromatic carbocycles. The normalized spacial score (nSPS) is 16.0. The highest BCUT2D eigenvalue weighted by molar-refractivity contribution is 5.79. The first-order valence-corrected chi connectivity index (χ1v) is 7.06. The van der Waals surface area contributed by atoms with Crippen molar-refractivity contribution in [2.75, 3.05) is 5.32 Å². The molecule has 0 amide bonds. The molecule has 0 saturated carbocycles. The number of fused-ring (bicyclic) bond motifs is 3. The van der Waals surface area contributed by atoms with E-state index in [-0.39, 0.29) is 6.17 Å². The molecule has 0 saturated heterocycles. The summed E-state index contributed by atoms with van der Waals surface area (Å²) in [6.07, 6.45) is 3.66. The van der Waals surface area contributed by atoms with Gasteiger partial charge in [-0.05, 0) is 38.1 Å². The van der Waals surface area contributed by atoms with Crippen LogP contribution in [-0.2, 0) is 0 Å². The van der Waals surface area contributed by atoms with Gasteiger partial charge < -0.3 is 5.32 Å². The van der Waals surface area contributed by atoms with Crippen molar-refractivity contribution in [3.8, 4) is 11.3 Å². The number of hydrogen-bond acceptors (Lipinski definition) is 3. The first-order valence-electron chi connectivity index (χ1n) is 7.06. The molecule has 4 nitrogen and oxygen atoms in total. The largest absolute Gasteiger partial charge is 0.359 e. The van der Waals surface area contributed by atoms with Crippen LogP contribution in [0, 0.1) is 13.8 Å². The molecular weight excluding hydrogens is 260 g/mol. The van der Waals surface area contributed by atoms with Gasteiger partial charge in [-0.2, -0.15) is 5.10 Å². The van der Waals surface area contributed by atoms with Gasteiger partial charge in [0.2, 0.25) is 0 Å². The Balaban J connectivity index is 1.93. The van der Waals surface area contributed by atoms with Crippen LogP contribution in [0.15, 0.2) is 48.8 Å². The van der Waals surface area contributed by atoms with Crippen LogP contribution in [0.2, 0.25) is 0 Å². The average Bonchev–Trinajstić information content (AvgIpc) is 2.89. The molecule has 0 fully saturated rings. The van der Waals surface area contributed by atoms with E-state index in [4.69, 9.17) is 0 Å². The van der Waals surface area contributed by atoms with Gasteiger partial charge in [-0.1, -0.05) is 17.7 Å². The maximum absolute atomic E-state index is 4.66. The number of benzene rings is 1. The summed E-state index contributed by atoms with van der Waals surface area (Å²) in [7, 11) is 0. The molecule has 0 aliphatic carbocycles. The van der Waals surface area contributed by atoms with Gasteiger partial charge in [0.1, 0.15) is 6.17 Å². The lowest BCUT2D eigenvalue weighted by Gasteiger charge is -2.29. The second kappa shape index (κ2) is 4.45. The van der Waals surface area contributed by atoms with Crippen molar-refractivity contribution in [2.24, 2.45) is 0 Å². The molecule has 0 spiro atoms. The highest BCUT2D eigenvalue weighted by Gasteiger charge is 2.26.